The van der Waals surface area contributed by atoms with Crippen molar-refractivity contribution in [1.29, 1.82) is 0 Å². The summed E-state index contributed by atoms with van der Waals surface area (Å²) in [5, 5.41) is 9.58. The predicted octanol–water partition coefficient (Wildman–Crippen LogP) is 2.20. The van der Waals surface area contributed by atoms with Gasteiger partial charge >= 0.3 is 5.97 Å². The number of carbonyl (C=O) groups excluding carboxylic acids is 1. The molecule has 3 heterocycles. The fourth-order valence-electron chi connectivity index (χ4n) is 3.63. The molecule has 0 aliphatic carbocycles. The van der Waals surface area contributed by atoms with Crippen molar-refractivity contribution in [2.45, 2.75) is 12.3 Å². The number of benzene rings is 1. The number of carboxylic acid groups (broad SMARTS) is 1. The Bertz CT molecular complexity index is 918. The second kappa shape index (κ2) is 6.63. The molecule has 6 heteroatoms. The molecule has 2 atom stereocenters. The van der Waals surface area contributed by atoms with Gasteiger partial charge in [0.25, 0.3) is 0 Å². The van der Waals surface area contributed by atoms with Crippen LogP contribution in [-0.4, -0.2) is 44.4 Å². The van der Waals surface area contributed by atoms with Crippen LogP contribution in [0, 0.1) is 5.92 Å². The Morgan fingerprint density at radius 2 is 1.85 bits per heavy atom. The van der Waals surface area contributed by atoms with Crippen molar-refractivity contribution in [3.8, 4) is 0 Å². The molecule has 1 aliphatic heterocycles. The van der Waals surface area contributed by atoms with Crippen LogP contribution in [-0.2, 0) is 16.0 Å². The third kappa shape index (κ3) is 3.06. The van der Waals surface area contributed by atoms with Crippen molar-refractivity contribution >= 4 is 17.5 Å². The van der Waals surface area contributed by atoms with Crippen molar-refractivity contribution in [3.05, 3.63) is 72.2 Å². The smallest absolute Gasteiger partial charge is 0.308 e. The van der Waals surface area contributed by atoms with Gasteiger partial charge in [0, 0.05) is 31.4 Å². The molecule has 1 aromatic carbocycles. The van der Waals surface area contributed by atoms with Crippen LogP contribution in [0.3, 0.4) is 0 Å². The number of hydrogen-bond acceptors (Lipinski definition) is 3. The molecule has 4 rings (SSSR count). The highest BCUT2D eigenvalue weighted by molar-refractivity contribution is 5.81. The van der Waals surface area contributed by atoms with Crippen LogP contribution in [0.25, 0.3) is 5.65 Å². The van der Waals surface area contributed by atoms with E-state index < -0.39 is 11.9 Å². The van der Waals surface area contributed by atoms with Gasteiger partial charge in [0.2, 0.25) is 5.91 Å². The summed E-state index contributed by atoms with van der Waals surface area (Å²) in [5.74, 6) is -1.71. The molecule has 1 aliphatic rings. The summed E-state index contributed by atoms with van der Waals surface area (Å²) in [4.78, 5) is 30.5. The van der Waals surface area contributed by atoms with E-state index in [4.69, 9.17) is 0 Å². The SMILES string of the molecule is O=C(O)[C@@H]1CN(C(=O)Cc2cn3ccccc3n2)C[C@@H]1c1ccccc1. The Hall–Kier alpha value is -3.15. The Morgan fingerprint density at radius 3 is 2.58 bits per heavy atom. The molecule has 0 bridgehead atoms. The number of nitrogens with zero attached hydrogens (tertiary/aromatic N) is 3. The number of likely N-dealkylation sites (tertiary alicyclic amines) is 1. The average Bonchev–Trinajstić information content (AvgIpc) is 3.26. The number of aliphatic carboxylic acids is 1. The highest BCUT2D eigenvalue weighted by atomic mass is 16.4. The van der Waals surface area contributed by atoms with E-state index in [0.717, 1.165) is 11.2 Å². The molecule has 2 aromatic heterocycles. The highest BCUT2D eigenvalue weighted by Gasteiger charge is 2.40. The zero-order chi connectivity index (χ0) is 18.1. The minimum absolute atomic E-state index is 0.0851. The van der Waals surface area contributed by atoms with Gasteiger partial charge in [-0.2, -0.15) is 0 Å². The molecule has 0 saturated carbocycles. The summed E-state index contributed by atoms with van der Waals surface area (Å²) in [6.07, 6.45) is 3.90. The Balaban J connectivity index is 1.52. The fourth-order valence-corrected chi connectivity index (χ4v) is 3.63. The number of carbonyl (C=O) groups is 2. The molecule has 0 radical (unpaired) electrons. The van der Waals surface area contributed by atoms with Gasteiger partial charge in [0.15, 0.2) is 0 Å². The molecule has 6 nitrogen and oxygen atoms in total. The van der Waals surface area contributed by atoms with Crippen LogP contribution in [0.4, 0.5) is 0 Å². The number of aromatic nitrogens is 2. The molecule has 1 fully saturated rings. The fraction of sp³-hybridized carbons (Fsp3) is 0.250. The maximum absolute atomic E-state index is 12.7. The van der Waals surface area contributed by atoms with E-state index in [2.05, 4.69) is 4.98 Å². The number of rotatable bonds is 4. The van der Waals surface area contributed by atoms with Crippen LogP contribution < -0.4 is 0 Å². The molecule has 0 unspecified atom stereocenters. The monoisotopic (exact) mass is 349 g/mol. The molecule has 3 aromatic rings. The van der Waals surface area contributed by atoms with Crippen molar-refractivity contribution in [1.82, 2.24) is 14.3 Å². The first-order chi connectivity index (χ1) is 12.6. The number of carboxylic acids is 1. The summed E-state index contributed by atoms with van der Waals surface area (Å²) >= 11 is 0. The van der Waals surface area contributed by atoms with Crippen LogP contribution >= 0.6 is 0 Å². The molecule has 26 heavy (non-hydrogen) atoms. The maximum Gasteiger partial charge on any atom is 0.308 e. The van der Waals surface area contributed by atoms with E-state index in [0.29, 0.717) is 12.2 Å². The van der Waals surface area contributed by atoms with Crippen molar-refractivity contribution in [2.75, 3.05) is 13.1 Å². The third-order valence-corrected chi connectivity index (χ3v) is 4.96. The van der Waals surface area contributed by atoms with E-state index in [1.165, 1.54) is 0 Å². The lowest BCUT2D eigenvalue weighted by Crippen LogP contribution is -2.31. The number of hydrogen-bond donors (Lipinski definition) is 1. The molecule has 1 N–H and O–H groups in total. The maximum atomic E-state index is 12.7. The van der Waals surface area contributed by atoms with Gasteiger partial charge in [0.1, 0.15) is 5.65 Å². The lowest BCUT2D eigenvalue weighted by Gasteiger charge is -2.16. The third-order valence-electron chi connectivity index (χ3n) is 4.96. The van der Waals surface area contributed by atoms with E-state index in [1.54, 1.807) is 4.90 Å². The Labute approximate surface area is 150 Å². The molecular weight excluding hydrogens is 330 g/mol. The minimum atomic E-state index is -0.859. The zero-order valence-electron chi connectivity index (χ0n) is 14.2. The van der Waals surface area contributed by atoms with Crippen LogP contribution in [0.2, 0.25) is 0 Å². The van der Waals surface area contributed by atoms with Gasteiger partial charge in [-0.05, 0) is 17.7 Å². The van der Waals surface area contributed by atoms with Gasteiger partial charge in [-0.3, -0.25) is 9.59 Å². The molecule has 1 amide bonds. The summed E-state index contributed by atoms with van der Waals surface area (Å²) in [7, 11) is 0. The largest absolute Gasteiger partial charge is 0.481 e. The van der Waals surface area contributed by atoms with E-state index in [1.807, 2.05) is 65.3 Å². The minimum Gasteiger partial charge on any atom is -0.481 e. The second-order valence-corrected chi connectivity index (χ2v) is 6.64. The average molecular weight is 349 g/mol. The lowest BCUT2D eigenvalue weighted by molar-refractivity contribution is -0.141. The van der Waals surface area contributed by atoms with Gasteiger partial charge in [-0.15, -0.1) is 0 Å². The number of pyridine rings is 1. The van der Waals surface area contributed by atoms with Crippen molar-refractivity contribution in [3.63, 3.8) is 0 Å². The first-order valence-corrected chi connectivity index (χ1v) is 8.60. The first-order valence-electron chi connectivity index (χ1n) is 8.60. The number of imidazole rings is 1. The van der Waals surface area contributed by atoms with Gasteiger partial charge in [-0.1, -0.05) is 36.4 Å². The summed E-state index contributed by atoms with van der Waals surface area (Å²) in [6, 6.07) is 15.2. The molecule has 1 saturated heterocycles. The Kier molecular flexibility index (Phi) is 4.16. The number of fused-ring (bicyclic) bond motifs is 1. The first kappa shape index (κ1) is 16.3. The quantitative estimate of drug-likeness (QED) is 0.784. The van der Waals surface area contributed by atoms with Crippen molar-refractivity contribution < 1.29 is 14.7 Å². The lowest BCUT2D eigenvalue weighted by atomic mass is 9.89. The van der Waals surface area contributed by atoms with Gasteiger partial charge in [0.05, 0.1) is 18.0 Å². The summed E-state index contributed by atoms with van der Waals surface area (Å²) in [6.45, 7) is 0.661. The molecule has 132 valence electrons. The standard InChI is InChI=1S/C20H19N3O3/c24-19(10-15-11-22-9-5-4-8-18(22)21-15)23-12-16(17(13-23)20(25)26)14-6-2-1-3-7-14/h1-9,11,16-17H,10,12-13H2,(H,25,26)/t16-,17-/m1/s1. The van der Waals surface area contributed by atoms with Crippen LogP contribution in [0.5, 0.6) is 0 Å². The molecule has 0 spiro atoms. The topological polar surface area (TPSA) is 74.9 Å². The Morgan fingerprint density at radius 1 is 1.08 bits per heavy atom. The second-order valence-electron chi connectivity index (χ2n) is 6.64. The van der Waals surface area contributed by atoms with E-state index >= 15 is 0 Å². The van der Waals surface area contributed by atoms with Crippen LogP contribution in [0.1, 0.15) is 17.2 Å². The molecular formula is C20H19N3O3. The highest BCUT2D eigenvalue weighted by Crippen LogP contribution is 2.33. The zero-order valence-corrected chi connectivity index (χ0v) is 14.2. The summed E-state index contributed by atoms with van der Waals surface area (Å²) < 4.78 is 1.87. The number of amides is 1. The van der Waals surface area contributed by atoms with E-state index in [-0.39, 0.29) is 24.8 Å². The van der Waals surface area contributed by atoms with Crippen molar-refractivity contribution in [2.24, 2.45) is 5.92 Å². The summed E-state index contributed by atoms with van der Waals surface area (Å²) in [5.41, 5.74) is 2.45. The predicted molar refractivity (Wildman–Crippen MR) is 95.8 cm³/mol. The van der Waals surface area contributed by atoms with Gasteiger partial charge < -0.3 is 14.4 Å². The van der Waals surface area contributed by atoms with E-state index in [9.17, 15) is 14.7 Å². The van der Waals surface area contributed by atoms with Crippen LogP contribution in [0.15, 0.2) is 60.9 Å². The normalized spacial score (nSPS) is 19.8. The van der Waals surface area contributed by atoms with Gasteiger partial charge in [-0.25, -0.2) is 4.98 Å².